The maximum atomic E-state index is 11.6. The van der Waals surface area contributed by atoms with Crippen molar-refractivity contribution in [2.24, 2.45) is 0 Å². The molecule has 0 unspecified atom stereocenters. The van der Waals surface area contributed by atoms with E-state index in [9.17, 15) is 4.79 Å². The largest absolute Gasteiger partial charge is 0.439 e. The Balaban J connectivity index is 1.98. The summed E-state index contributed by atoms with van der Waals surface area (Å²) >= 11 is 0. The van der Waals surface area contributed by atoms with E-state index in [1.165, 1.54) is 0 Å². The van der Waals surface area contributed by atoms with Gasteiger partial charge in [0.1, 0.15) is 5.75 Å². The Hall–Kier alpha value is -2.62. The van der Waals surface area contributed by atoms with E-state index in [0.717, 1.165) is 11.1 Å². The van der Waals surface area contributed by atoms with Crippen LogP contribution < -0.4 is 10.1 Å². The third-order valence-corrected chi connectivity index (χ3v) is 2.65. The van der Waals surface area contributed by atoms with Gasteiger partial charge >= 0.3 is 0 Å². The van der Waals surface area contributed by atoms with Crippen LogP contribution in [0.1, 0.15) is 19.4 Å². The summed E-state index contributed by atoms with van der Waals surface area (Å²) in [4.78, 5) is 15.7. The smallest absolute Gasteiger partial charge is 0.244 e. The normalized spacial score (nSPS) is 9.81. The van der Waals surface area contributed by atoms with E-state index >= 15 is 0 Å². The number of pyridine rings is 1. The molecule has 1 N–H and O–H groups in total. The van der Waals surface area contributed by atoms with Crippen LogP contribution in [0.15, 0.2) is 60.3 Å². The molecule has 1 aromatic carbocycles. The van der Waals surface area contributed by atoms with Crippen LogP contribution in [0.2, 0.25) is 0 Å². The lowest BCUT2D eigenvalue weighted by atomic mass is 10.2. The van der Waals surface area contributed by atoms with Crippen LogP contribution in [0.3, 0.4) is 0 Å². The van der Waals surface area contributed by atoms with Gasteiger partial charge in [-0.2, -0.15) is 0 Å². The molecule has 0 atom stereocenters. The zero-order valence-corrected chi connectivity index (χ0v) is 12.2. The SMILES string of the molecule is CC(C)=CC(=O)NCc1cccc(Oc2ccccn2)c1. The fourth-order valence-corrected chi connectivity index (χ4v) is 1.75. The zero-order chi connectivity index (χ0) is 15.1. The number of carbonyl (C=O) groups excluding carboxylic acids is 1. The van der Waals surface area contributed by atoms with Crippen molar-refractivity contribution in [2.75, 3.05) is 0 Å². The van der Waals surface area contributed by atoms with Crippen LogP contribution >= 0.6 is 0 Å². The van der Waals surface area contributed by atoms with Crippen LogP contribution in [0.4, 0.5) is 0 Å². The molecule has 2 aromatic rings. The van der Waals surface area contributed by atoms with Gasteiger partial charge in [0.2, 0.25) is 11.8 Å². The second-order valence-electron chi connectivity index (χ2n) is 4.86. The van der Waals surface area contributed by atoms with Crippen molar-refractivity contribution >= 4 is 5.91 Å². The second kappa shape index (κ2) is 7.24. The minimum atomic E-state index is -0.0916. The lowest BCUT2D eigenvalue weighted by molar-refractivity contribution is -0.116. The minimum absolute atomic E-state index is 0.0916. The summed E-state index contributed by atoms with van der Waals surface area (Å²) in [6, 6.07) is 13.1. The Morgan fingerprint density at radius 2 is 2.10 bits per heavy atom. The van der Waals surface area contributed by atoms with Gasteiger partial charge in [-0.25, -0.2) is 4.98 Å². The summed E-state index contributed by atoms with van der Waals surface area (Å²) in [6.45, 7) is 4.24. The highest BCUT2D eigenvalue weighted by Gasteiger charge is 2.01. The molecule has 1 heterocycles. The van der Waals surface area contributed by atoms with Crippen LogP contribution in [0, 0.1) is 0 Å². The number of allylic oxidation sites excluding steroid dienone is 1. The highest BCUT2D eigenvalue weighted by atomic mass is 16.5. The van der Waals surface area contributed by atoms with E-state index in [0.29, 0.717) is 18.2 Å². The molecular formula is C17H18N2O2. The molecule has 1 aromatic heterocycles. The van der Waals surface area contributed by atoms with Crippen molar-refractivity contribution in [2.45, 2.75) is 20.4 Å². The molecule has 4 heteroatoms. The molecule has 0 fully saturated rings. The molecule has 108 valence electrons. The quantitative estimate of drug-likeness (QED) is 0.854. The molecule has 0 saturated heterocycles. The summed E-state index contributed by atoms with van der Waals surface area (Å²) < 4.78 is 5.65. The molecule has 0 saturated carbocycles. The second-order valence-corrected chi connectivity index (χ2v) is 4.86. The van der Waals surface area contributed by atoms with Crippen molar-refractivity contribution in [1.82, 2.24) is 10.3 Å². The Morgan fingerprint density at radius 1 is 1.24 bits per heavy atom. The zero-order valence-electron chi connectivity index (χ0n) is 12.2. The Kier molecular flexibility index (Phi) is 5.10. The standard InChI is InChI=1S/C17H18N2O2/c1-13(2)10-16(20)19-12-14-6-5-7-15(11-14)21-17-8-3-4-9-18-17/h3-11H,12H2,1-2H3,(H,19,20). The van der Waals surface area contributed by atoms with E-state index in [4.69, 9.17) is 4.74 Å². The summed E-state index contributed by atoms with van der Waals surface area (Å²) in [6.07, 6.45) is 3.26. The average molecular weight is 282 g/mol. The topological polar surface area (TPSA) is 51.2 Å². The third kappa shape index (κ3) is 5.10. The van der Waals surface area contributed by atoms with Crippen molar-refractivity contribution < 1.29 is 9.53 Å². The van der Waals surface area contributed by atoms with E-state index < -0.39 is 0 Å². The summed E-state index contributed by atoms with van der Waals surface area (Å²) in [5.41, 5.74) is 1.94. The average Bonchev–Trinajstić information content (AvgIpc) is 2.46. The van der Waals surface area contributed by atoms with Crippen molar-refractivity contribution in [1.29, 1.82) is 0 Å². The van der Waals surface area contributed by atoms with Gasteiger partial charge in [-0.15, -0.1) is 0 Å². The highest BCUT2D eigenvalue weighted by Crippen LogP contribution is 2.19. The number of nitrogens with one attached hydrogen (secondary N) is 1. The lowest BCUT2D eigenvalue weighted by Gasteiger charge is -2.07. The van der Waals surface area contributed by atoms with E-state index in [2.05, 4.69) is 10.3 Å². The lowest BCUT2D eigenvalue weighted by Crippen LogP contribution is -2.20. The summed E-state index contributed by atoms with van der Waals surface area (Å²) in [7, 11) is 0. The Morgan fingerprint density at radius 3 is 2.81 bits per heavy atom. The van der Waals surface area contributed by atoms with Gasteiger partial charge in [-0.3, -0.25) is 4.79 Å². The van der Waals surface area contributed by atoms with Crippen molar-refractivity contribution in [3.05, 3.63) is 65.9 Å². The molecule has 4 nitrogen and oxygen atoms in total. The van der Waals surface area contributed by atoms with Gasteiger partial charge in [-0.1, -0.05) is 23.8 Å². The fraction of sp³-hybridized carbons (Fsp3) is 0.176. The first-order valence-electron chi connectivity index (χ1n) is 6.74. The van der Waals surface area contributed by atoms with Gasteiger partial charge in [-0.05, 0) is 37.6 Å². The van der Waals surface area contributed by atoms with Crippen LogP contribution in [0.5, 0.6) is 11.6 Å². The van der Waals surface area contributed by atoms with Gasteiger partial charge in [0.25, 0.3) is 0 Å². The molecule has 0 bridgehead atoms. The number of hydrogen-bond acceptors (Lipinski definition) is 3. The number of nitrogens with zero attached hydrogens (tertiary/aromatic N) is 1. The number of carbonyl (C=O) groups is 1. The van der Waals surface area contributed by atoms with E-state index in [1.807, 2.05) is 50.2 Å². The number of rotatable bonds is 5. The molecule has 2 rings (SSSR count). The summed E-state index contributed by atoms with van der Waals surface area (Å²) in [5, 5.41) is 2.83. The molecule has 0 spiro atoms. The first-order chi connectivity index (χ1) is 10.1. The van der Waals surface area contributed by atoms with Gasteiger partial charge in [0.15, 0.2) is 0 Å². The van der Waals surface area contributed by atoms with E-state index in [-0.39, 0.29) is 5.91 Å². The predicted molar refractivity (Wildman–Crippen MR) is 82.0 cm³/mol. The number of benzene rings is 1. The van der Waals surface area contributed by atoms with Gasteiger partial charge in [0.05, 0.1) is 0 Å². The minimum Gasteiger partial charge on any atom is -0.439 e. The van der Waals surface area contributed by atoms with Crippen LogP contribution in [0.25, 0.3) is 0 Å². The fourth-order valence-electron chi connectivity index (χ4n) is 1.75. The number of amides is 1. The Labute approximate surface area is 124 Å². The summed E-state index contributed by atoms with van der Waals surface area (Å²) in [5.74, 6) is 1.15. The Bertz CT molecular complexity index is 632. The molecule has 0 aliphatic heterocycles. The number of ether oxygens (including phenoxy) is 1. The van der Waals surface area contributed by atoms with Gasteiger partial charge in [0, 0.05) is 24.9 Å². The number of hydrogen-bond donors (Lipinski definition) is 1. The van der Waals surface area contributed by atoms with Crippen molar-refractivity contribution in [3.63, 3.8) is 0 Å². The van der Waals surface area contributed by atoms with Crippen molar-refractivity contribution in [3.8, 4) is 11.6 Å². The maximum Gasteiger partial charge on any atom is 0.244 e. The maximum absolute atomic E-state index is 11.6. The monoisotopic (exact) mass is 282 g/mol. The molecule has 0 radical (unpaired) electrons. The molecule has 0 aliphatic carbocycles. The highest BCUT2D eigenvalue weighted by molar-refractivity contribution is 5.87. The van der Waals surface area contributed by atoms with E-state index in [1.54, 1.807) is 18.3 Å². The predicted octanol–water partition coefficient (Wildman–Crippen LogP) is 3.46. The first kappa shape index (κ1) is 14.8. The van der Waals surface area contributed by atoms with Crippen LogP contribution in [-0.4, -0.2) is 10.9 Å². The first-order valence-corrected chi connectivity index (χ1v) is 6.74. The molecule has 0 aliphatic rings. The number of aromatic nitrogens is 1. The molecule has 1 amide bonds. The third-order valence-electron chi connectivity index (χ3n) is 2.65. The molecule has 21 heavy (non-hydrogen) atoms. The van der Waals surface area contributed by atoms with Crippen LogP contribution in [-0.2, 0) is 11.3 Å². The molecular weight excluding hydrogens is 264 g/mol. The van der Waals surface area contributed by atoms with Gasteiger partial charge < -0.3 is 10.1 Å².